The molecular weight excluding hydrogens is 347 g/mol. The number of ether oxygens (including phenoxy) is 1. The number of nitrogens with zero attached hydrogens (tertiary/aromatic N) is 1. The number of benzene rings is 2. The molecule has 0 bridgehead atoms. The molecule has 132 valence electrons. The Bertz CT molecular complexity index is 998. The number of halogens is 3. The first-order chi connectivity index (χ1) is 12.3. The van der Waals surface area contributed by atoms with Crippen LogP contribution in [0, 0.1) is 0 Å². The molecule has 1 heterocycles. The number of methoxy groups -OCH3 is 1. The molecule has 26 heavy (non-hydrogen) atoms. The third-order valence-electron chi connectivity index (χ3n) is 3.81. The minimum absolute atomic E-state index is 0.0354. The highest BCUT2D eigenvalue weighted by Gasteiger charge is 2.41. The Kier molecular flexibility index (Phi) is 4.46. The van der Waals surface area contributed by atoms with E-state index in [1.54, 1.807) is 24.3 Å². The number of carbonyl (C=O) groups excluding carboxylic acids is 2. The molecule has 0 saturated carbocycles. The van der Waals surface area contributed by atoms with E-state index >= 15 is 0 Å². The molecule has 3 rings (SSSR count). The van der Waals surface area contributed by atoms with E-state index in [9.17, 15) is 22.8 Å². The summed E-state index contributed by atoms with van der Waals surface area (Å²) in [6.07, 6.45) is -4.93. The lowest BCUT2D eigenvalue weighted by atomic mass is 9.93. The smallest absolute Gasteiger partial charge is 0.434 e. The maximum Gasteiger partial charge on any atom is 0.434 e. The molecule has 0 fully saturated rings. The molecule has 3 aromatic rings. The van der Waals surface area contributed by atoms with Gasteiger partial charge in [0, 0.05) is 16.5 Å². The minimum Gasteiger partial charge on any atom is -0.465 e. The Balaban J connectivity index is 2.45. The largest absolute Gasteiger partial charge is 0.465 e. The van der Waals surface area contributed by atoms with E-state index in [1.165, 1.54) is 30.3 Å². The topological polar surface area (TPSA) is 56.3 Å². The molecule has 2 aromatic carbocycles. The minimum atomic E-state index is -4.93. The molecule has 0 spiro atoms. The highest BCUT2D eigenvalue weighted by Crippen LogP contribution is 2.36. The van der Waals surface area contributed by atoms with E-state index in [-0.39, 0.29) is 22.0 Å². The number of ketones is 1. The van der Waals surface area contributed by atoms with E-state index in [1.807, 2.05) is 0 Å². The molecule has 0 aliphatic rings. The van der Waals surface area contributed by atoms with Crippen molar-refractivity contribution in [2.75, 3.05) is 7.11 Å². The number of esters is 1. The van der Waals surface area contributed by atoms with Crippen molar-refractivity contribution in [3.8, 4) is 0 Å². The number of carbonyl (C=O) groups is 2. The standard InChI is InChI=1S/C19H12F3NO3/c1-26-18(25)15-14(16(24)11-7-3-2-4-8-11)12-9-5-6-10-13(12)23-17(15)19(20,21)22/h2-10H,1H3. The van der Waals surface area contributed by atoms with Gasteiger partial charge >= 0.3 is 12.1 Å². The summed E-state index contributed by atoms with van der Waals surface area (Å²) in [5.41, 5.74) is -2.58. The van der Waals surface area contributed by atoms with Crippen LogP contribution in [0.1, 0.15) is 32.0 Å². The first kappa shape index (κ1) is 17.6. The summed E-state index contributed by atoms with van der Waals surface area (Å²) >= 11 is 0. The van der Waals surface area contributed by atoms with Crippen LogP contribution < -0.4 is 0 Å². The number of rotatable bonds is 3. The molecular formula is C19H12F3NO3. The van der Waals surface area contributed by atoms with E-state index in [0.29, 0.717) is 0 Å². The van der Waals surface area contributed by atoms with Crippen LogP contribution in [0.4, 0.5) is 13.2 Å². The van der Waals surface area contributed by atoms with Gasteiger partial charge in [0.25, 0.3) is 0 Å². The summed E-state index contributed by atoms with van der Waals surface area (Å²) in [5.74, 6) is -1.98. The SMILES string of the molecule is COC(=O)c1c(C(F)(F)F)nc2ccccc2c1C(=O)c1ccccc1. The maximum atomic E-state index is 13.5. The van der Waals surface area contributed by atoms with Gasteiger partial charge in [-0.15, -0.1) is 0 Å². The van der Waals surface area contributed by atoms with Gasteiger partial charge in [-0.1, -0.05) is 48.5 Å². The van der Waals surface area contributed by atoms with Crippen LogP contribution in [0.25, 0.3) is 10.9 Å². The molecule has 1 aromatic heterocycles. The van der Waals surface area contributed by atoms with Gasteiger partial charge in [-0.2, -0.15) is 13.2 Å². The van der Waals surface area contributed by atoms with Gasteiger partial charge in [-0.05, 0) is 6.07 Å². The number of aromatic nitrogens is 1. The fraction of sp³-hybridized carbons (Fsp3) is 0.105. The number of para-hydroxylation sites is 1. The molecule has 0 N–H and O–H groups in total. The predicted molar refractivity (Wildman–Crippen MR) is 88.0 cm³/mol. The van der Waals surface area contributed by atoms with Crippen LogP contribution in [0.3, 0.4) is 0 Å². The summed E-state index contributed by atoms with van der Waals surface area (Å²) in [7, 11) is 0.953. The second-order valence-corrected chi connectivity index (χ2v) is 5.41. The summed E-state index contributed by atoms with van der Waals surface area (Å²) in [6, 6.07) is 13.6. The number of hydrogen-bond acceptors (Lipinski definition) is 4. The second-order valence-electron chi connectivity index (χ2n) is 5.41. The van der Waals surface area contributed by atoms with E-state index in [2.05, 4.69) is 9.72 Å². The monoisotopic (exact) mass is 359 g/mol. The molecule has 0 atom stereocenters. The molecule has 0 unspecified atom stereocenters. The average molecular weight is 359 g/mol. The Hall–Kier alpha value is -3.22. The van der Waals surface area contributed by atoms with Crippen molar-refractivity contribution in [3.05, 3.63) is 77.0 Å². The van der Waals surface area contributed by atoms with Gasteiger partial charge in [0.05, 0.1) is 12.6 Å². The van der Waals surface area contributed by atoms with E-state index in [4.69, 9.17) is 0 Å². The molecule has 0 amide bonds. The van der Waals surface area contributed by atoms with Crippen molar-refractivity contribution in [3.63, 3.8) is 0 Å². The Morgan fingerprint density at radius 1 is 0.923 bits per heavy atom. The van der Waals surface area contributed by atoms with Crippen molar-refractivity contribution in [1.82, 2.24) is 4.98 Å². The highest BCUT2D eigenvalue weighted by molar-refractivity contribution is 6.21. The quantitative estimate of drug-likeness (QED) is 0.518. The fourth-order valence-corrected chi connectivity index (χ4v) is 2.69. The lowest BCUT2D eigenvalue weighted by Gasteiger charge is -2.16. The molecule has 0 saturated heterocycles. The third kappa shape index (κ3) is 3.03. The number of pyridine rings is 1. The third-order valence-corrected chi connectivity index (χ3v) is 3.81. The first-order valence-electron chi connectivity index (χ1n) is 7.52. The number of fused-ring (bicyclic) bond motifs is 1. The zero-order valence-corrected chi connectivity index (χ0v) is 13.5. The molecule has 7 heteroatoms. The van der Waals surface area contributed by atoms with Gasteiger partial charge in [-0.25, -0.2) is 9.78 Å². The molecule has 0 aliphatic carbocycles. The summed E-state index contributed by atoms with van der Waals surface area (Å²) in [4.78, 5) is 28.7. The van der Waals surface area contributed by atoms with Gasteiger partial charge in [-0.3, -0.25) is 4.79 Å². The molecule has 4 nitrogen and oxygen atoms in total. The lowest BCUT2D eigenvalue weighted by molar-refractivity contribution is -0.141. The Morgan fingerprint density at radius 3 is 2.15 bits per heavy atom. The summed E-state index contributed by atoms with van der Waals surface area (Å²) in [5, 5.41) is 0.148. The zero-order chi connectivity index (χ0) is 18.9. The fourth-order valence-electron chi connectivity index (χ4n) is 2.69. The zero-order valence-electron chi connectivity index (χ0n) is 13.5. The van der Waals surface area contributed by atoms with Crippen LogP contribution in [0.15, 0.2) is 54.6 Å². The summed E-state index contributed by atoms with van der Waals surface area (Å²) in [6.45, 7) is 0. The number of alkyl halides is 3. The van der Waals surface area contributed by atoms with Crippen molar-refractivity contribution >= 4 is 22.7 Å². The lowest BCUT2D eigenvalue weighted by Crippen LogP contribution is -2.21. The van der Waals surface area contributed by atoms with Crippen LogP contribution >= 0.6 is 0 Å². The van der Waals surface area contributed by atoms with Crippen molar-refractivity contribution in [2.24, 2.45) is 0 Å². The van der Waals surface area contributed by atoms with Gasteiger partial charge in [0.15, 0.2) is 11.5 Å². The first-order valence-corrected chi connectivity index (χ1v) is 7.52. The highest BCUT2D eigenvalue weighted by atomic mass is 19.4. The number of hydrogen-bond donors (Lipinski definition) is 0. The van der Waals surface area contributed by atoms with Crippen molar-refractivity contribution in [2.45, 2.75) is 6.18 Å². The van der Waals surface area contributed by atoms with Crippen molar-refractivity contribution in [1.29, 1.82) is 0 Å². The van der Waals surface area contributed by atoms with Crippen molar-refractivity contribution < 1.29 is 27.5 Å². The Morgan fingerprint density at radius 2 is 1.54 bits per heavy atom. The van der Waals surface area contributed by atoms with Crippen LogP contribution in [0.5, 0.6) is 0 Å². The van der Waals surface area contributed by atoms with Crippen LogP contribution in [-0.4, -0.2) is 23.8 Å². The molecule has 0 radical (unpaired) electrons. The molecule has 0 aliphatic heterocycles. The maximum absolute atomic E-state index is 13.5. The van der Waals surface area contributed by atoms with Gasteiger partial charge < -0.3 is 4.74 Å². The van der Waals surface area contributed by atoms with E-state index < -0.39 is 29.2 Å². The van der Waals surface area contributed by atoms with Gasteiger partial charge in [0.2, 0.25) is 0 Å². The van der Waals surface area contributed by atoms with Crippen LogP contribution in [0.2, 0.25) is 0 Å². The second kappa shape index (κ2) is 6.59. The van der Waals surface area contributed by atoms with Crippen LogP contribution in [-0.2, 0) is 10.9 Å². The van der Waals surface area contributed by atoms with E-state index in [0.717, 1.165) is 7.11 Å². The normalized spacial score (nSPS) is 11.4. The Labute approximate surface area is 146 Å². The van der Waals surface area contributed by atoms with Gasteiger partial charge in [0.1, 0.15) is 5.56 Å². The summed E-state index contributed by atoms with van der Waals surface area (Å²) < 4.78 is 45.1. The predicted octanol–water partition coefficient (Wildman–Crippen LogP) is 4.27. The average Bonchev–Trinajstić information content (AvgIpc) is 2.65.